The fourth-order valence-corrected chi connectivity index (χ4v) is 5.50. The highest BCUT2D eigenvalue weighted by atomic mass is 16.6. The SMILES string of the molecule is CC(C)(C)OC(=O)N[C@@H](C(=O)N[C@@H](CO)C(=O)N[C@@H](C(=O)OCc1ccccc1)c1ccc(OCc2ccccc2)cc1)c1ccc(OCc2ccccc2)cc1. The Kier molecular flexibility index (Phi) is 14.8. The molecule has 0 heterocycles. The second-order valence-electron chi connectivity index (χ2n) is 14.0. The zero-order chi connectivity index (χ0) is 40.6. The van der Waals surface area contributed by atoms with E-state index in [2.05, 4.69) is 16.0 Å². The molecule has 0 aromatic heterocycles. The molecule has 57 heavy (non-hydrogen) atoms. The summed E-state index contributed by atoms with van der Waals surface area (Å²) in [6, 6.07) is 37.1. The number of ether oxygens (including phenoxy) is 4. The lowest BCUT2D eigenvalue weighted by atomic mass is 10.0. The van der Waals surface area contributed by atoms with Gasteiger partial charge in [0.05, 0.1) is 6.61 Å². The summed E-state index contributed by atoms with van der Waals surface area (Å²) in [7, 11) is 0. The number of benzene rings is 5. The first kappa shape index (κ1) is 41.5. The van der Waals surface area contributed by atoms with Crippen molar-refractivity contribution >= 4 is 23.9 Å². The van der Waals surface area contributed by atoms with E-state index in [-0.39, 0.29) is 6.61 Å². The van der Waals surface area contributed by atoms with Crippen LogP contribution in [0.3, 0.4) is 0 Å². The van der Waals surface area contributed by atoms with Gasteiger partial charge in [0.2, 0.25) is 11.8 Å². The largest absolute Gasteiger partial charge is 0.489 e. The van der Waals surface area contributed by atoms with Crippen molar-refractivity contribution in [1.82, 2.24) is 16.0 Å². The molecule has 12 nitrogen and oxygen atoms in total. The van der Waals surface area contributed by atoms with Gasteiger partial charge < -0.3 is 40.0 Å². The van der Waals surface area contributed by atoms with Crippen LogP contribution in [0.4, 0.5) is 4.79 Å². The minimum Gasteiger partial charge on any atom is -0.489 e. The Morgan fingerprint density at radius 2 is 0.982 bits per heavy atom. The monoisotopic (exact) mass is 773 g/mol. The van der Waals surface area contributed by atoms with E-state index in [9.17, 15) is 24.3 Å². The molecule has 3 amide bonds. The van der Waals surface area contributed by atoms with Crippen LogP contribution in [0, 0.1) is 0 Å². The third-order valence-electron chi connectivity index (χ3n) is 8.41. The fourth-order valence-electron chi connectivity index (χ4n) is 5.50. The number of aliphatic hydroxyl groups excluding tert-OH is 1. The van der Waals surface area contributed by atoms with Crippen LogP contribution in [-0.2, 0) is 43.7 Å². The summed E-state index contributed by atoms with van der Waals surface area (Å²) in [5.41, 5.74) is 2.52. The molecule has 12 heteroatoms. The van der Waals surface area contributed by atoms with Gasteiger partial charge in [0, 0.05) is 0 Å². The molecule has 0 aliphatic heterocycles. The summed E-state index contributed by atoms with van der Waals surface area (Å²) in [5, 5.41) is 18.1. The highest BCUT2D eigenvalue weighted by molar-refractivity contribution is 5.94. The minimum absolute atomic E-state index is 0.0570. The predicted molar refractivity (Wildman–Crippen MR) is 213 cm³/mol. The van der Waals surface area contributed by atoms with E-state index in [0.29, 0.717) is 35.8 Å². The molecule has 0 saturated carbocycles. The molecule has 3 atom stereocenters. The van der Waals surface area contributed by atoms with Crippen molar-refractivity contribution in [2.45, 2.75) is 64.3 Å². The third-order valence-corrected chi connectivity index (χ3v) is 8.41. The first-order valence-electron chi connectivity index (χ1n) is 18.4. The molecule has 4 N–H and O–H groups in total. The zero-order valence-electron chi connectivity index (χ0n) is 32.1. The van der Waals surface area contributed by atoms with Crippen molar-refractivity contribution in [1.29, 1.82) is 0 Å². The molecule has 0 aliphatic carbocycles. The van der Waals surface area contributed by atoms with Crippen molar-refractivity contribution in [2.75, 3.05) is 6.61 Å². The van der Waals surface area contributed by atoms with Crippen LogP contribution in [0.2, 0.25) is 0 Å². The molecule has 0 spiro atoms. The highest BCUT2D eigenvalue weighted by Gasteiger charge is 2.32. The molecule has 5 aromatic carbocycles. The Morgan fingerprint density at radius 3 is 1.42 bits per heavy atom. The average Bonchev–Trinajstić information content (AvgIpc) is 3.22. The minimum atomic E-state index is -1.54. The Bertz CT molecular complexity index is 2040. The van der Waals surface area contributed by atoms with Crippen LogP contribution in [0.5, 0.6) is 11.5 Å². The Morgan fingerprint density at radius 1 is 0.544 bits per heavy atom. The van der Waals surface area contributed by atoms with E-state index in [1.165, 1.54) is 0 Å². The quantitative estimate of drug-likeness (QED) is 0.0775. The van der Waals surface area contributed by atoms with Gasteiger partial charge in [0.25, 0.3) is 0 Å². The molecule has 0 bridgehead atoms. The Labute approximate surface area is 332 Å². The van der Waals surface area contributed by atoms with Gasteiger partial charge in [-0.2, -0.15) is 0 Å². The van der Waals surface area contributed by atoms with Crippen molar-refractivity contribution < 1.29 is 43.2 Å². The number of aliphatic hydroxyl groups is 1. The number of carbonyl (C=O) groups is 4. The lowest BCUT2D eigenvalue weighted by Crippen LogP contribution is -2.53. The first-order chi connectivity index (χ1) is 27.5. The lowest BCUT2D eigenvalue weighted by Gasteiger charge is -2.26. The van der Waals surface area contributed by atoms with E-state index in [0.717, 1.165) is 16.7 Å². The van der Waals surface area contributed by atoms with Crippen LogP contribution in [0.1, 0.15) is 60.7 Å². The lowest BCUT2D eigenvalue weighted by molar-refractivity contribution is -0.149. The smallest absolute Gasteiger partial charge is 0.408 e. The number of carbonyl (C=O) groups excluding carboxylic acids is 4. The van der Waals surface area contributed by atoms with Gasteiger partial charge in [-0.05, 0) is 72.9 Å². The molecule has 0 unspecified atom stereocenters. The maximum Gasteiger partial charge on any atom is 0.408 e. The van der Waals surface area contributed by atoms with E-state index in [1.54, 1.807) is 81.4 Å². The first-order valence-corrected chi connectivity index (χ1v) is 18.4. The number of nitrogens with one attached hydrogen (secondary N) is 3. The van der Waals surface area contributed by atoms with Crippen molar-refractivity contribution in [3.63, 3.8) is 0 Å². The number of alkyl carbamates (subject to hydrolysis) is 1. The van der Waals surface area contributed by atoms with Crippen LogP contribution in [-0.4, -0.2) is 47.2 Å². The molecule has 0 aliphatic rings. The topological polar surface area (TPSA) is 162 Å². The van der Waals surface area contributed by atoms with Crippen molar-refractivity contribution in [3.8, 4) is 11.5 Å². The second kappa shape index (κ2) is 20.3. The van der Waals surface area contributed by atoms with Gasteiger partial charge in [-0.15, -0.1) is 0 Å². The number of rotatable bonds is 17. The van der Waals surface area contributed by atoms with Crippen LogP contribution < -0.4 is 25.4 Å². The Hall–Kier alpha value is -6.66. The number of hydrogen-bond donors (Lipinski definition) is 4. The van der Waals surface area contributed by atoms with Gasteiger partial charge in [-0.3, -0.25) is 9.59 Å². The molecule has 5 aromatic rings. The third kappa shape index (κ3) is 13.3. The van der Waals surface area contributed by atoms with Gasteiger partial charge in [-0.25, -0.2) is 9.59 Å². The van der Waals surface area contributed by atoms with Crippen molar-refractivity contribution in [3.05, 3.63) is 167 Å². The van der Waals surface area contributed by atoms with Crippen molar-refractivity contribution in [2.24, 2.45) is 0 Å². The summed E-state index contributed by atoms with van der Waals surface area (Å²) in [6.45, 7) is 4.80. The molecule has 0 radical (unpaired) electrons. The van der Waals surface area contributed by atoms with E-state index in [1.807, 2.05) is 78.9 Å². The average molecular weight is 774 g/mol. The molecule has 0 saturated heterocycles. The summed E-state index contributed by atoms with van der Waals surface area (Å²) in [4.78, 5) is 54.1. The van der Waals surface area contributed by atoms with Gasteiger partial charge in [0.15, 0.2) is 6.04 Å². The fraction of sp³-hybridized carbons (Fsp3) is 0.244. The maximum absolute atomic E-state index is 13.9. The highest BCUT2D eigenvalue weighted by Crippen LogP contribution is 2.23. The zero-order valence-corrected chi connectivity index (χ0v) is 32.1. The van der Waals surface area contributed by atoms with Gasteiger partial charge in [-0.1, -0.05) is 115 Å². The number of amides is 3. The van der Waals surface area contributed by atoms with Gasteiger partial charge in [0.1, 0.15) is 49.0 Å². The van der Waals surface area contributed by atoms with E-state index in [4.69, 9.17) is 18.9 Å². The molecule has 0 fully saturated rings. The van der Waals surface area contributed by atoms with Crippen LogP contribution >= 0.6 is 0 Å². The molecule has 5 rings (SSSR count). The summed E-state index contributed by atoms with van der Waals surface area (Å²) >= 11 is 0. The van der Waals surface area contributed by atoms with Crippen LogP contribution in [0.15, 0.2) is 140 Å². The molecular weight excluding hydrogens is 727 g/mol. The normalized spacial score (nSPS) is 12.6. The maximum atomic E-state index is 13.9. The van der Waals surface area contributed by atoms with E-state index >= 15 is 0 Å². The summed E-state index contributed by atoms with van der Waals surface area (Å²) in [5.74, 6) is -1.42. The second-order valence-corrected chi connectivity index (χ2v) is 14.0. The molecule has 296 valence electrons. The predicted octanol–water partition coefficient (Wildman–Crippen LogP) is 6.49. The number of hydrogen-bond acceptors (Lipinski definition) is 9. The summed E-state index contributed by atoms with van der Waals surface area (Å²) < 4.78 is 22.8. The van der Waals surface area contributed by atoms with Crippen LogP contribution in [0.25, 0.3) is 0 Å². The Balaban J connectivity index is 1.31. The van der Waals surface area contributed by atoms with Gasteiger partial charge >= 0.3 is 12.1 Å². The summed E-state index contributed by atoms with van der Waals surface area (Å²) in [6.07, 6.45) is -0.880. The van der Waals surface area contributed by atoms with E-state index < -0.39 is 54.2 Å². The number of esters is 1. The molecular formula is C45H47N3O9. The standard InChI is InChI=1S/C45H47N3O9/c1-45(2,3)57-44(53)48-39(34-19-23-36(24-20-34)54-28-31-13-7-4-8-14-31)42(51)46-38(27-49)41(50)47-40(43(52)56-30-33-17-11-6-12-18-33)35-21-25-37(26-22-35)55-29-32-15-9-5-10-16-32/h4-26,38-40,49H,27-30H2,1-3H3,(H,46,51)(H,47,50)(H,48,53)/t38-,39+,40+/m0/s1.